The van der Waals surface area contributed by atoms with E-state index in [1.807, 2.05) is 0 Å². The fraction of sp³-hybridized carbons (Fsp3) is 0.533. The number of nitrogens with zero attached hydrogens (tertiary/aromatic N) is 1. The summed E-state index contributed by atoms with van der Waals surface area (Å²) in [7, 11) is 0. The van der Waals surface area contributed by atoms with Crippen LogP contribution in [-0.4, -0.2) is 36.9 Å². The fourth-order valence-electron chi connectivity index (χ4n) is 2.72. The van der Waals surface area contributed by atoms with Crippen LogP contribution in [0.4, 0.5) is 11.4 Å². The van der Waals surface area contributed by atoms with Gasteiger partial charge in [0.15, 0.2) is 0 Å². The monoisotopic (exact) mass is 278 g/mol. The molecule has 2 atom stereocenters. The van der Waals surface area contributed by atoms with Crippen molar-refractivity contribution < 1.29 is 14.6 Å². The molecule has 20 heavy (non-hydrogen) atoms. The highest BCUT2D eigenvalue weighted by molar-refractivity contribution is 5.92. The van der Waals surface area contributed by atoms with Crippen molar-refractivity contribution in [3.8, 4) is 0 Å². The Morgan fingerprint density at radius 1 is 1.55 bits per heavy atom. The lowest BCUT2D eigenvalue weighted by Crippen LogP contribution is -2.35. The van der Waals surface area contributed by atoms with Crippen LogP contribution < -0.4 is 10.6 Å². The van der Waals surface area contributed by atoms with E-state index in [0.717, 1.165) is 18.7 Å². The Morgan fingerprint density at radius 2 is 2.30 bits per heavy atom. The predicted molar refractivity (Wildman–Crippen MR) is 78.8 cm³/mol. The Bertz CT molecular complexity index is 490. The first-order valence-corrected chi connectivity index (χ1v) is 7.02. The third-order valence-corrected chi connectivity index (χ3v) is 3.92. The molecule has 0 aromatic heterocycles. The molecule has 2 rings (SSSR count). The summed E-state index contributed by atoms with van der Waals surface area (Å²) in [6, 6.07) is 5.20. The number of aliphatic hydroxyl groups excluding tert-OH is 1. The van der Waals surface area contributed by atoms with Gasteiger partial charge in [-0.3, -0.25) is 0 Å². The summed E-state index contributed by atoms with van der Waals surface area (Å²) >= 11 is 0. The lowest BCUT2D eigenvalue weighted by atomic mass is 10.0. The highest BCUT2D eigenvalue weighted by Crippen LogP contribution is 2.33. The molecule has 0 spiro atoms. The van der Waals surface area contributed by atoms with Crippen LogP contribution in [0.2, 0.25) is 0 Å². The molecule has 1 fully saturated rings. The number of anilines is 2. The standard InChI is InChI=1S/C15H22N2O3/c1-3-20-15(19)11-4-5-12(16)13(8-11)17-7-6-10(2)14(17)9-18/h4-5,8,10,14,18H,3,6-7,9,16H2,1-2H3. The lowest BCUT2D eigenvalue weighted by molar-refractivity contribution is 0.0526. The quantitative estimate of drug-likeness (QED) is 0.647. The maximum atomic E-state index is 11.8. The van der Waals surface area contributed by atoms with Gasteiger partial charge in [0.05, 0.1) is 36.2 Å². The van der Waals surface area contributed by atoms with Crippen LogP contribution in [0.3, 0.4) is 0 Å². The van der Waals surface area contributed by atoms with E-state index in [-0.39, 0.29) is 18.6 Å². The molecule has 1 heterocycles. The molecule has 0 aliphatic carbocycles. The molecule has 0 saturated carbocycles. The van der Waals surface area contributed by atoms with Gasteiger partial charge in [-0.05, 0) is 37.5 Å². The van der Waals surface area contributed by atoms with Crippen molar-refractivity contribution in [1.29, 1.82) is 0 Å². The molecule has 110 valence electrons. The molecule has 5 nitrogen and oxygen atoms in total. The molecule has 0 amide bonds. The number of hydrogen-bond donors (Lipinski definition) is 2. The normalized spacial score (nSPS) is 22.1. The average Bonchev–Trinajstić information content (AvgIpc) is 2.80. The van der Waals surface area contributed by atoms with Crippen LogP contribution in [0.1, 0.15) is 30.6 Å². The van der Waals surface area contributed by atoms with E-state index in [1.54, 1.807) is 25.1 Å². The van der Waals surface area contributed by atoms with Gasteiger partial charge in [0.2, 0.25) is 0 Å². The first-order valence-electron chi connectivity index (χ1n) is 7.02. The number of benzene rings is 1. The minimum Gasteiger partial charge on any atom is -0.462 e. The average molecular weight is 278 g/mol. The maximum absolute atomic E-state index is 11.8. The molecule has 5 heteroatoms. The van der Waals surface area contributed by atoms with Gasteiger partial charge < -0.3 is 20.5 Å². The minimum absolute atomic E-state index is 0.0507. The van der Waals surface area contributed by atoms with Gasteiger partial charge in [-0.1, -0.05) is 6.92 Å². The smallest absolute Gasteiger partial charge is 0.338 e. The molecule has 1 saturated heterocycles. The van der Waals surface area contributed by atoms with Crippen molar-refractivity contribution in [3.05, 3.63) is 23.8 Å². The Morgan fingerprint density at radius 3 is 2.95 bits per heavy atom. The summed E-state index contributed by atoms with van der Waals surface area (Å²) in [6.07, 6.45) is 1.01. The molecule has 1 aliphatic heterocycles. The maximum Gasteiger partial charge on any atom is 0.338 e. The van der Waals surface area contributed by atoms with Gasteiger partial charge in [-0.25, -0.2) is 4.79 Å². The van der Waals surface area contributed by atoms with Crippen LogP contribution >= 0.6 is 0 Å². The van der Waals surface area contributed by atoms with Crippen LogP contribution in [-0.2, 0) is 4.74 Å². The van der Waals surface area contributed by atoms with Crippen molar-refractivity contribution in [2.75, 3.05) is 30.4 Å². The molecule has 1 aliphatic rings. The Kier molecular flexibility index (Phi) is 4.49. The molecule has 0 bridgehead atoms. The van der Waals surface area contributed by atoms with Crippen molar-refractivity contribution in [2.45, 2.75) is 26.3 Å². The Hall–Kier alpha value is -1.75. The van der Waals surface area contributed by atoms with E-state index in [4.69, 9.17) is 10.5 Å². The third kappa shape index (κ3) is 2.72. The molecule has 3 N–H and O–H groups in total. The number of esters is 1. The number of nitrogen functional groups attached to an aromatic ring is 1. The van der Waals surface area contributed by atoms with E-state index in [2.05, 4.69) is 11.8 Å². The Labute approximate surface area is 119 Å². The van der Waals surface area contributed by atoms with Gasteiger partial charge in [-0.15, -0.1) is 0 Å². The van der Waals surface area contributed by atoms with Crippen LogP contribution in [0.25, 0.3) is 0 Å². The SMILES string of the molecule is CCOC(=O)c1ccc(N)c(N2CCC(C)C2CO)c1. The zero-order chi connectivity index (χ0) is 14.7. The lowest BCUT2D eigenvalue weighted by Gasteiger charge is -2.28. The van der Waals surface area contributed by atoms with Gasteiger partial charge >= 0.3 is 5.97 Å². The molecule has 1 aromatic carbocycles. The molecular formula is C15H22N2O3. The number of nitrogens with two attached hydrogens (primary N) is 1. The summed E-state index contributed by atoms with van der Waals surface area (Å²) in [5.41, 5.74) is 7.94. The number of rotatable bonds is 4. The number of hydrogen-bond acceptors (Lipinski definition) is 5. The highest BCUT2D eigenvalue weighted by Gasteiger charge is 2.31. The van der Waals surface area contributed by atoms with Crippen molar-refractivity contribution in [1.82, 2.24) is 0 Å². The summed E-state index contributed by atoms with van der Waals surface area (Å²) in [4.78, 5) is 13.9. The molecule has 1 aromatic rings. The summed E-state index contributed by atoms with van der Waals surface area (Å²) < 4.78 is 5.01. The van der Waals surface area contributed by atoms with Crippen molar-refractivity contribution in [3.63, 3.8) is 0 Å². The van der Waals surface area contributed by atoms with Crippen LogP contribution in [0, 0.1) is 5.92 Å². The Balaban J connectivity index is 2.31. The third-order valence-electron chi connectivity index (χ3n) is 3.92. The second-order valence-electron chi connectivity index (χ2n) is 5.20. The van der Waals surface area contributed by atoms with Crippen LogP contribution in [0.5, 0.6) is 0 Å². The zero-order valence-corrected chi connectivity index (χ0v) is 12.0. The van der Waals surface area contributed by atoms with Gasteiger partial charge in [-0.2, -0.15) is 0 Å². The van der Waals surface area contributed by atoms with E-state index >= 15 is 0 Å². The second kappa shape index (κ2) is 6.13. The largest absolute Gasteiger partial charge is 0.462 e. The topological polar surface area (TPSA) is 75.8 Å². The summed E-state index contributed by atoms with van der Waals surface area (Å²) in [6.45, 7) is 5.16. The molecule has 0 radical (unpaired) electrons. The van der Waals surface area contributed by atoms with Gasteiger partial charge in [0.1, 0.15) is 0 Å². The van der Waals surface area contributed by atoms with Crippen molar-refractivity contribution in [2.24, 2.45) is 5.92 Å². The summed E-state index contributed by atoms with van der Waals surface area (Å²) in [5, 5.41) is 9.55. The fourth-order valence-corrected chi connectivity index (χ4v) is 2.72. The molecule has 2 unspecified atom stereocenters. The van der Waals surface area contributed by atoms with E-state index in [1.165, 1.54) is 0 Å². The first kappa shape index (κ1) is 14.7. The second-order valence-corrected chi connectivity index (χ2v) is 5.20. The number of carbonyl (C=O) groups excluding carboxylic acids is 1. The van der Waals surface area contributed by atoms with E-state index in [0.29, 0.717) is 23.8 Å². The van der Waals surface area contributed by atoms with Gasteiger partial charge in [0, 0.05) is 6.54 Å². The first-order chi connectivity index (χ1) is 9.58. The number of carbonyl (C=O) groups is 1. The van der Waals surface area contributed by atoms with Gasteiger partial charge in [0.25, 0.3) is 0 Å². The van der Waals surface area contributed by atoms with E-state index < -0.39 is 0 Å². The zero-order valence-electron chi connectivity index (χ0n) is 12.0. The van der Waals surface area contributed by atoms with Crippen LogP contribution in [0.15, 0.2) is 18.2 Å². The van der Waals surface area contributed by atoms with Crippen molar-refractivity contribution >= 4 is 17.3 Å². The number of ether oxygens (including phenoxy) is 1. The predicted octanol–water partition coefficient (Wildman–Crippen LogP) is 1.65. The molecular weight excluding hydrogens is 256 g/mol. The highest BCUT2D eigenvalue weighted by atomic mass is 16.5. The van der Waals surface area contributed by atoms with E-state index in [9.17, 15) is 9.90 Å². The summed E-state index contributed by atoms with van der Waals surface area (Å²) in [5.74, 6) is 0.0622. The minimum atomic E-state index is -0.346. The number of aliphatic hydroxyl groups is 1.